The first kappa shape index (κ1) is 16.5. The molecule has 0 aliphatic carbocycles. The van der Waals surface area contributed by atoms with Gasteiger partial charge in [0.2, 0.25) is 0 Å². The van der Waals surface area contributed by atoms with Crippen molar-refractivity contribution in [3.63, 3.8) is 0 Å². The van der Waals surface area contributed by atoms with Crippen molar-refractivity contribution in [1.82, 2.24) is 14.8 Å². The van der Waals surface area contributed by atoms with Crippen LogP contribution in [0.1, 0.15) is 33.5 Å². The van der Waals surface area contributed by atoms with E-state index in [-0.39, 0.29) is 5.91 Å². The van der Waals surface area contributed by atoms with E-state index in [2.05, 4.69) is 22.2 Å². The molecule has 5 nitrogen and oxygen atoms in total. The number of ether oxygens (including phenoxy) is 1. The zero-order chi connectivity index (χ0) is 17.2. The summed E-state index contributed by atoms with van der Waals surface area (Å²) >= 11 is 1.74. The molecular weight excluding hydrogens is 334 g/mol. The van der Waals surface area contributed by atoms with Crippen molar-refractivity contribution in [2.75, 3.05) is 32.8 Å². The van der Waals surface area contributed by atoms with Gasteiger partial charge in [-0.3, -0.25) is 9.69 Å². The first-order valence-electron chi connectivity index (χ1n) is 8.93. The number of piperazine rings is 1. The second kappa shape index (κ2) is 7.14. The molecule has 2 aromatic rings. The van der Waals surface area contributed by atoms with E-state index in [9.17, 15) is 4.79 Å². The van der Waals surface area contributed by atoms with Gasteiger partial charge in [0.1, 0.15) is 5.75 Å². The lowest BCUT2D eigenvalue weighted by molar-refractivity contribution is 0.0627. The van der Waals surface area contributed by atoms with Gasteiger partial charge in [-0.2, -0.15) is 0 Å². The second-order valence-electron chi connectivity index (χ2n) is 6.58. The van der Waals surface area contributed by atoms with Crippen LogP contribution in [0.4, 0.5) is 0 Å². The number of hydrogen-bond donors (Lipinski definition) is 0. The van der Waals surface area contributed by atoms with Gasteiger partial charge < -0.3 is 9.64 Å². The lowest BCUT2D eigenvalue weighted by atomic mass is 10.1. The zero-order valence-corrected chi connectivity index (χ0v) is 15.3. The summed E-state index contributed by atoms with van der Waals surface area (Å²) in [5.74, 6) is 1.06. The number of aromatic nitrogens is 1. The van der Waals surface area contributed by atoms with Crippen molar-refractivity contribution in [2.24, 2.45) is 0 Å². The maximum Gasteiger partial charge on any atom is 0.253 e. The summed E-state index contributed by atoms with van der Waals surface area (Å²) in [5.41, 5.74) is 3.09. The van der Waals surface area contributed by atoms with Gasteiger partial charge in [0, 0.05) is 50.1 Å². The molecule has 0 saturated carbocycles. The van der Waals surface area contributed by atoms with Crippen LogP contribution >= 0.6 is 11.3 Å². The van der Waals surface area contributed by atoms with Crippen LogP contribution in [0.25, 0.3) is 0 Å². The van der Waals surface area contributed by atoms with Gasteiger partial charge >= 0.3 is 0 Å². The Hall–Kier alpha value is -1.92. The summed E-state index contributed by atoms with van der Waals surface area (Å²) in [7, 11) is 0. The van der Waals surface area contributed by atoms with Crippen LogP contribution in [-0.4, -0.2) is 53.5 Å². The lowest BCUT2D eigenvalue weighted by Gasteiger charge is -2.34. The molecule has 2 aliphatic heterocycles. The fourth-order valence-electron chi connectivity index (χ4n) is 3.42. The average Bonchev–Trinajstić information content (AvgIpc) is 3.30. The molecule has 0 spiro atoms. The Morgan fingerprint density at radius 2 is 2.12 bits per heavy atom. The van der Waals surface area contributed by atoms with Gasteiger partial charge in [-0.25, -0.2) is 4.98 Å². The molecule has 0 N–H and O–H groups in total. The number of carbonyl (C=O) groups is 1. The maximum atomic E-state index is 12.8. The zero-order valence-electron chi connectivity index (χ0n) is 14.5. The minimum absolute atomic E-state index is 0.135. The van der Waals surface area contributed by atoms with Gasteiger partial charge in [0.15, 0.2) is 0 Å². The number of fused-ring (bicyclic) bond motifs is 1. The van der Waals surface area contributed by atoms with E-state index in [0.717, 1.165) is 74.7 Å². The highest BCUT2D eigenvalue weighted by Gasteiger charge is 2.24. The summed E-state index contributed by atoms with van der Waals surface area (Å²) in [6.45, 7) is 7.10. The highest BCUT2D eigenvalue weighted by atomic mass is 32.1. The largest absolute Gasteiger partial charge is 0.493 e. The van der Waals surface area contributed by atoms with Crippen LogP contribution in [0.15, 0.2) is 23.6 Å². The molecular formula is C19H23N3O2S. The number of rotatable bonds is 4. The Kier molecular flexibility index (Phi) is 4.72. The van der Waals surface area contributed by atoms with Crippen molar-refractivity contribution in [1.29, 1.82) is 0 Å². The summed E-state index contributed by atoms with van der Waals surface area (Å²) in [6.07, 6.45) is 1.90. The summed E-state index contributed by atoms with van der Waals surface area (Å²) in [6, 6.07) is 5.82. The molecule has 0 radical (unpaired) electrons. The molecule has 4 rings (SSSR count). The van der Waals surface area contributed by atoms with Gasteiger partial charge in [-0.15, -0.1) is 11.3 Å². The quantitative estimate of drug-likeness (QED) is 0.844. The molecule has 0 unspecified atom stereocenters. The number of thiazole rings is 1. The fraction of sp³-hybridized carbons (Fsp3) is 0.474. The molecule has 6 heteroatoms. The third kappa shape index (κ3) is 3.55. The molecule has 1 fully saturated rings. The predicted molar refractivity (Wildman–Crippen MR) is 98.3 cm³/mol. The van der Waals surface area contributed by atoms with Crippen molar-refractivity contribution < 1.29 is 9.53 Å². The van der Waals surface area contributed by atoms with Crippen molar-refractivity contribution in [3.05, 3.63) is 45.4 Å². The predicted octanol–water partition coefficient (Wildman–Crippen LogP) is 2.60. The minimum Gasteiger partial charge on any atom is -0.493 e. The number of benzene rings is 1. The van der Waals surface area contributed by atoms with Gasteiger partial charge in [-0.05, 0) is 30.2 Å². The number of nitrogens with zero attached hydrogens (tertiary/aromatic N) is 3. The first-order valence-corrected chi connectivity index (χ1v) is 9.81. The van der Waals surface area contributed by atoms with Crippen LogP contribution in [0, 0.1) is 0 Å². The minimum atomic E-state index is 0.135. The van der Waals surface area contributed by atoms with Crippen LogP contribution in [0.5, 0.6) is 5.75 Å². The van der Waals surface area contributed by atoms with Crippen LogP contribution in [0.2, 0.25) is 0 Å². The number of amides is 1. The molecule has 1 aromatic carbocycles. The van der Waals surface area contributed by atoms with Crippen LogP contribution in [-0.2, 0) is 19.4 Å². The highest BCUT2D eigenvalue weighted by molar-refractivity contribution is 7.09. The van der Waals surface area contributed by atoms with Crippen molar-refractivity contribution in [2.45, 2.75) is 26.3 Å². The van der Waals surface area contributed by atoms with Crippen molar-refractivity contribution >= 4 is 17.2 Å². The third-order valence-electron chi connectivity index (χ3n) is 4.88. The van der Waals surface area contributed by atoms with Gasteiger partial charge in [0.05, 0.1) is 17.3 Å². The Bertz CT molecular complexity index is 766. The molecule has 2 aliphatic rings. The Morgan fingerprint density at radius 1 is 1.28 bits per heavy atom. The van der Waals surface area contributed by atoms with Crippen molar-refractivity contribution in [3.8, 4) is 5.75 Å². The molecule has 3 heterocycles. The van der Waals surface area contributed by atoms with Gasteiger partial charge in [0.25, 0.3) is 5.91 Å². The van der Waals surface area contributed by atoms with Crippen LogP contribution in [0.3, 0.4) is 0 Å². The van der Waals surface area contributed by atoms with E-state index in [1.807, 2.05) is 23.1 Å². The standard InChI is InChI=1S/C19H23N3O2S/c1-2-18-20-16(13-25-18)12-21-6-8-22(9-7-21)19(23)15-3-4-17-14(11-15)5-10-24-17/h3-4,11,13H,2,5-10,12H2,1H3. The van der Waals surface area contributed by atoms with E-state index in [1.54, 1.807) is 11.3 Å². The molecule has 0 bridgehead atoms. The van der Waals surface area contributed by atoms with E-state index in [4.69, 9.17) is 4.74 Å². The van der Waals surface area contributed by atoms with Gasteiger partial charge in [-0.1, -0.05) is 6.92 Å². The SMILES string of the molecule is CCc1nc(CN2CCN(C(=O)c3ccc4c(c3)CCO4)CC2)cs1. The molecule has 132 valence electrons. The first-order chi connectivity index (χ1) is 12.2. The smallest absolute Gasteiger partial charge is 0.253 e. The number of hydrogen-bond acceptors (Lipinski definition) is 5. The van der Waals surface area contributed by atoms with E-state index in [0.29, 0.717) is 0 Å². The maximum absolute atomic E-state index is 12.8. The highest BCUT2D eigenvalue weighted by Crippen LogP contribution is 2.26. The molecule has 1 saturated heterocycles. The average molecular weight is 357 g/mol. The Labute approximate surface area is 152 Å². The molecule has 1 amide bonds. The summed E-state index contributed by atoms with van der Waals surface area (Å²) in [5, 5.41) is 3.35. The number of carbonyl (C=O) groups excluding carboxylic acids is 1. The topological polar surface area (TPSA) is 45.7 Å². The lowest BCUT2D eigenvalue weighted by Crippen LogP contribution is -2.48. The Morgan fingerprint density at radius 3 is 2.88 bits per heavy atom. The van der Waals surface area contributed by atoms with E-state index in [1.165, 1.54) is 5.01 Å². The van der Waals surface area contributed by atoms with Crippen LogP contribution < -0.4 is 4.74 Å². The Balaban J connectivity index is 1.34. The third-order valence-corrected chi connectivity index (χ3v) is 5.93. The number of aryl methyl sites for hydroxylation is 1. The second-order valence-corrected chi connectivity index (χ2v) is 7.52. The van der Waals surface area contributed by atoms with E-state index >= 15 is 0 Å². The molecule has 0 atom stereocenters. The molecule has 1 aromatic heterocycles. The van der Waals surface area contributed by atoms with E-state index < -0.39 is 0 Å². The normalized spacial score (nSPS) is 17.4. The summed E-state index contributed by atoms with van der Waals surface area (Å²) in [4.78, 5) is 21.8. The summed E-state index contributed by atoms with van der Waals surface area (Å²) < 4.78 is 5.52. The molecule has 25 heavy (non-hydrogen) atoms. The monoisotopic (exact) mass is 357 g/mol. The fourth-order valence-corrected chi connectivity index (χ4v) is 4.16.